The zero-order valence-corrected chi connectivity index (χ0v) is 12.1. The van der Waals surface area contributed by atoms with E-state index in [1.807, 2.05) is 32.9 Å². The van der Waals surface area contributed by atoms with E-state index in [1.165, 1.54) is 6.33 Å². The van der Waals surface area contributed by atoms with Crippen LogP contribution in [0.5, 0.6) is 0 Å². The molecule has 0 aliphatic carbocycles. The summed E-state index contributed by atoms with van der Waals surface area (Å²) in [5, 5.41) is 18.5. The summed E-state index contributed by atoms with van der Waals surface area (Å²) in [6, 6.07) is 7.26. The lowest BCUT2D eigenvalue weighted by atomic mass is 9.70. The average Bonchev–Trinajstić information content (AvgIpc) is 2.81. The summed E-state index contributed by atoms with van der Waals surface area (Å²) >= 11 is 5.91. The standard InChI is InChI=1S/C14H18ClN3O/c1-13(2,3)14(19,8-12-16-9-17-18-12)10-4-6-11(15)7-5-10/h4-7,9,19H,8H2,1-3H3,(H,16,17,18). The predicted molar refractivity (Wildman–Crippen MR) is 74.9 cm³/mol. The van der Waals surface area contributed by atoms with E-state index in [4.69, 9.17) is 11.6 Å². The lowest BCUT2D eigenvalue weighted by molar-refractivity contribution is -0.0654. The highest BCUT2D eigenvalue weighted by atomic mass is 35.5. The Morgan fingerprint density at radius 3 is 2.32 bits per heavy atom. The molecule has 1 aromatic heterocycles. The van der Waals surface area contributed by atoms with Gasteiger partial charge in [0.25, 0.3) is 0 Å². The number of aromatic amines is 1. The van der Waals surface area contributed by atoms with Crippen LogP contribution < -0.4 is 0 Å². The highest BCUT2D eigenvalue weighted by Crippen LogP contribution is 2.41. The smallest absolute Gasteiger partial charge is 0.153 e. The number of hydrogen-bond acceptors (Lipinski definition) is 3. The van der Waals surface area contributed by atoms with Crippen molar-refractivity contribution >= 4 is 11.6 Å². The maximum absolute atomic E-state index is 11.1. The summed E-state index contributed by atoms with van der Waals surface area (Å²) in [7, 11) is 0. The molecule has 2 rings (SSSR count). The van der Waals surface area contributed by atoms with Crippen LogP contribution >= 0.6 is 11.6 Å². The first kappa shape index (κ1) is 14.0. The molecule has 0 bridgehead atoms. The molecular weight excluding hydrogens is 262 g/mol. The molecule has 5 heteroatoms. The van der Waals surface area contributed by atoms with E-state index >= 15 is 0 Å². The van der Waals surface area contributed by atoms with Crippen molar-refractivity contribution in [1.82, 2.24) is 15.2 Å². The quantitative estimate of drug-likeness (QED) is 0.908. The lowest BCUT2D eigenvalue weighted by Gasteiger charge is -2.40. The van der Waals surface area contributed by atoms with Gasteiger partial charge in [-0.1, -0.05) is 44.5 Å². The fraction of sp³-hybridized carbons (Fsp3) is 0.429. The summed E-state index contributed by atoms with van der Waals surface area (Å²) in [5.41, 5.74) is -0.601. The first-order valence-corrected chi connectivity index (χ1v) is 6.54. The van der Waals surface area contributed by atoms with Crippen LogP contribution in [-0.4, -0.2) is 20.3 Å². The number of H-pyrrole nitrogens is 1. The van der Waals surface area contributed by atoms with E-state index in [2.05, 4.69) is 15.2 Å². The van der Waals surface area contributed by atoms with Crippen LogP contribution in [0.3, 0.4) is 0 Å². The van der Waals surface area contributed by atoms with Crippen molar-refractivity contribution in [1.29, 1.82) is 0 Å². The first-order valence-electron chi connectivity index (χ1n) is 6.16. The Kier molecular flexibility index (Phi) is 3.65. The van der Waals surface area contributed by atoms with Crippen LogP contribution in [0.15, 0.2) is 30.6 Å². The van der Waals surface area contributed by atoms with Gasteiger partial charge in [-0.3, -0.25) is 5.10 Å². The Labute approximate surface area is 117 Å². The number of aliphatic hydroxyl groups is 1. The Morgan fingerprint density at radius 2 is 1.84 bits per heavy atom. The van der Waals surface area contributed by atoms with Crippen LogP contribution in [0.2, 0.25) is 5.02 Å². The van der Waals surface area contributed by atoms with Gasteiger partial charge in [0, 0.05) is 11.4 Å². The van der Waals surface area contributed by atoms with Gasteiger partial charge in [-0.15, -0.1) is 0 Å². The molecule has 0 fully saturated rings. The van der Waals surface area contributed by atoms with Crippen LogP contribution in [0.1, 0.15) is 32.2 Å². The number of hydrogen-bond donors (Lipinski definition) is 2. The Hall–Kier alpha value is -1.39. The topological polar surface area (TPSA) is 61.8 Å². The minimum absolute atomic E-state index is 0.349. The van der Waals surface area contributed by atoms with Crippen LogP contribution in [0, 0.1) is 5.41 Å². The summed E-state index contributed by atoms with van der Waals surface area (Å²) in [5.74, 6) is 0.590. The van der Waals surface area contributed by atoms with Gasteiger partial charge in [0.05, 0.1) is 0 Å². The molecule has 2 N–H and O–H groups in total. The van der Waals surface area contributed by atoms with Gasteiger partial charge in [-0.25, -0.2) is 4.98 Å². The Morgan fingerprint density at radius 1 is 1.21 bits per heavy atom. The lowest BCUT2D eigenvalue weighted by Crippen LogP contribution is -2.42. The summed E-state index contributed by atoms with van der Waals surface area (Å²) in [6.07, 6.45) is 1.86. The van der Waals surface area contributed by atoms with Crippen molar-refractivity contribution in [2.24, 2.45) is 5.41 Å². The molecule has 1 atom stereocenters. The number of benzene rings is 1. The van der Waals surface area contributed by atoms with Crippen molar-refractivity contribution in [2.75, 3.05) is 0 Å². The van der Waals surface area contributed by atoms with E-state index in [0.717, 1.165) is 5.56 Å². The maximum Gasteiger partial charge on any atom is 0.153 e. The third kappa shape index (κ3) is 2.80. The fourth-order valence-electron chi connectivity index (χ4n) is 2.08. The third-order valence-electron chi connectivity index (χ3n) is 3.44. The normalized spacial score (nSPS) is 15.2. The Balaban J connectivity index is 2.43. The molecule has 0 radical (unpaired) electrons. The number of halogens is 1. The largest absolute Gasteiger partial charge is 0.384 e. The number of rotatable bonds is 3. The second-order valence-corrected chi connectivity index (χ2v) is 6.15. The van der Waals surface area contributed by atoms with E-state index in [1.54, 1.807) is 12.1 Å². The Bertz CT molecular complexity index is 531. The van der Waals surface area contributed by atoms with Gasteiger partial charge in [0.15, 0.2) is 5.82 Å². The van der Waals surface area contributed by atoms with E-state index in [9.17, 15) is 5.11 Å². The van der Waals surface area contributed by atoms with E-state index in [0.29, 0.717) is 17.3 Å². The predicted octanol–water partition coefficient (Wildman–Crippen LogP) is 2.93. The minimum atomic E-state index is -1.06. The van der Waals surface area contributed by atoms with Crippen LogP contribution in [-0.2, 0) is 12.0 Å². The number of nitrogens with one attached hydrogen (secondary N) is 1. The van der Waals surface area contributed by atoms with Crippen molar-refractivity contribution in [2.45, 2.75) is 32.8 Å². The van der Waals surface area contributed by atoms with E-state index < -0.39 is 5.60 Å². The third-order valence-corrected chi connectivity index (χ3v) is 3.69. The second kappa shape index (κ2) is 4.94. The fourth-order valence-corrected chi connectivity index (χ4v) is 2.20. The summed E-state index contributed by atoms with van der Waals surface area (Å²) in [6.45, 7) is 5.98. The maximum atomic E-state index is 11.1. The summed E-state index contributed by atoms with van der Waals surface area (Å²) in [4.78, 5) is 4.11. The van der Waals surface area contributed by atoms with Gasteiger partial charge in [0.2, 0.25) is 0 Å². The average molecular weight is 280 g/mol. The van der Waals surface area contributed by atoms with Gasteiger partial charge < -0.3 is 5.11 Å². The molecule has 0 aliphatic heterocycles. The van der Waals surface area contributed by atoms with Gasteiger partial charge in [0.1, 0.15) is 11.9 Å². The zero-order chi connectivity index (χ0) is 14.1. The molecule has 0 aliphatic rings. The molecule has 2 aromatic rings. The molecule has 4 nitrogen and oxygen atoms in total. The van der Waals surface area contributed by atoms with Gasteiger partial charge >= 0.3 is 0 Å². The highest BCUT2D eigenvalue weighted by Gasteiger charge is 2.42. The highest BCUT2D eigenvalue weighted by molar-refractivity contribution is 6.30. The van der Waals surface area contributed by atoms with Crippen molar-refractivity contribution in [3.63, 3.8) is 0 Å². The molecule has 1 heterocycles. The molecule has 0 saturated carbocycles. The van der Waals surface area contributed by atoms with Gasteiger partial charge in [-0.05, 0) is 23.1 Å². The van der Waals surface area contributed by atoms with Crippen molar-refractivity contribution in [3.8, 4) is 0 Å². The van der Waals surface area contributed by atoms with Crippen LogP contribution in [0.4, 0.5) is 0 Å². The summed E-state index contributed by atoms with van der Waals surface area (Å²) < 4.78 is 0. The van der Waals surface area contributed by atoms with Crippen molar-refractivity contribution < 1.29 is 5.11 Å². The molecule has 1 unspecified atom stereocenters. The molecular formula is C14H18ClN3O. The SMILES string of the molecule is CC(C)(C)C(O)(Cc1nc[nH]n1)c1ccc(Cl)cc1. The monoisotopic (exact) mass is 279 g/mol. The molecule has 0 amide bonds. The van der Waals surface area contributed by atoms with Crippen molar-refractivity contribution in [3.05, 3.63) is 47.0 Å². The molecule has 0 spiro atoms. The molecule has 19 heavy (non-hydrogen) atoms. The van der Waals surface area contributed by atoms with E-state index in [-0.39, 0.29) is 5.41 Å². The van der Waals surface area contributed by atoms with Crippen LogP contribution in [0.25, 0.3) is 0 Å². The molecule has 102 valence electrons. The van der Waals surface area contributed by atoms with Gasteiger partial charge in [-0.2, -0.15) is 5.10 Å². The zero-order valence-electron chi connectivity index (χ0n) is 11.3. The number of aromatic nitrogens is 3. The second-order valence-electron chi connectivity index (χ2n) is 5.71. The number of nitrogens with zero attached hydrogens (tertiary/aromatic N) is 2. The minimum Gasteiger partial charge on any atom is -0.384 e. The first-order chi connectivity index (χ1) is 8.83. The molecule has 1 aromatic carbocycles. The molecule has 0 saturated heterocycles.